The van der Waals surface area contributed by atoms with Crippen LogP contribution >= 0.6 is 11.6 Å². The second kappa shape index (κ2) is 9.05. The van der Waals surface area contributed by atoms with Crippen LogP contribution in [0.5, 0.6) is 0 Å². The van der Waals surface area contributed by atoms with Crippen LogP contribution in [0.25, 0.3) is 0 Å². The normalized spacial score (nSPS) is 15.9. The van der Waals surface area contributed by atoms with Crippen LogP contribution in [-0.4, -0.2) is 47.8 Å². The predicted octanol–water partition coefficient (Wildman–Crippen LogP) is 3.94. The molecule has 0 N–H and O–H groups in total. The van der Waals surface area contributed by atoms with Gasteiger partial charge in [0.1, 0.15) is 0 Å². The first-order valence-electron chi connectivity index (χ1n) is 9.39. The minimum atomic E-state index is -0.0837. The van der Waals surface area contributed by atoms with Crippen molar-refractivity contribution >= 4 is 23.4 Å². The van der Waals surface area contributed by atoms with Crippen molar-refractivity contribution in [1.82, 2.24) is 9.80 Å². The molecular formula is C22H25ClN2O2. The van der Waals surface area contributed by atoms with Crippen molar-refractivity contribution in [2.45, 2.75) is 25.7 Å². The first-order valence-corrected chi connectivity index (χ1v) is 9.76. The van der Waals surface area contributed by atoms with E-state index in [9.17, 15) is 9.59 Å². The standard InChI is InChI=1S/C22H25ClN2O2/c1-17(26)24-12-7-13-25(15-14-24)22(27)16-20(18-8-3-2-4-9-18)19-10-5-6-11-21(19)23/h2-6,8-11,20H,7,12-16H2,1H3/t20-/m1/s1. The summed E-state index contributed by atoms with van der Waals surface area (Å²) < 4.78 is 0. The van der Waals surface area contributed by atoms with E-state index >= 15 is 0 Å². The number of hydrogen-bond acceptors (Lipinski definition) is 2. The van der Waals surface area contributed by atoms with Crippen LogP contribution in [0.1, 0.15) is 36.8 Å². The summed E-state index contributed by atoms with van der Waals surface area (Å²) in [7, 11) is 0. The highest BCUT2D eigenvalue weighted by Gasteiger charge is 2.25. The van der Waals surface area contributed by atoms with Crippen LogP contribution in [0.15, 0.2) is 54.6 Å². The minimum Gasteiger partial charge on any atom is -0.341 e. The third-order valence-corrected chi connectivity index (χ3v) is 5.50. The van der Waals surface area contributed by atoms with Crippen molar-refractivity contribution in [3.05, 3.63) is 70.7 Å². The van der Waals surface area contributed by atoms with E-state index in [4.69, 9.17) is 11.6 Å². The lowest BCUT2D eigenvalue weighted by Gasteiger charge is -2.25. The Bertz CT molecular complexity index is 794. The molecule has 0 unspecified atom stereocenters. The van der Waals surface area contributed by atoms with Crippen LogP contribution in [-0.2, 0) is 9.59 Å². The van der Waals surface area contributed by atoms with Crippen LogP contribution in [0.2, 0.25) is 5.02 Å². The molecule has 0 saturated carbocycles. The summed E-state index contributed by atoms with van der Waals surface area (Å²) in [5.41, 5.74) is 2.05. The average molecular weight is 385 g/mol. The minimum absolute atomic E-state index is 0.0718. The Morgan fingerprint density at radius 3 is 2.26 bits per heavy atom. The van der Waals surface area contributed by atoms with Gasteiger partial charge in [-0.05, 0) is 23.6 Å². The van der Waals surface area contributed by atoms with Gasteiger partial charge < -0.3 is 9.80 Å². The maximum absolute atomic E-state index is 13.1. The van der Waals surface area contributed by atoms with Gasteiger partial charge in [0.25, 0.3) is 0 Å². The second-order valence-corrected chi connectivity index (χ2v) is 7.34. The van der Waals surface area contributed by atoms with Gasteiger partial charge in [0, 0.05) is 50.5 Å². The zero-order valence-electron chi connectivity index (χ0n) is 15.6. The summed E-state index contributed by atoms with van der Waals surface area (Å²) in [6.07, 6.45) is 1.18. The van der Waals surface area contributed by atoms with Gasteiger partial charge in [0.05, 0.1) is 0 Å². The Balaban J connectivity index is 1.79. The maximum atomic E-state index is 13.1. The molecule has 2 amide bonds. The summed E-state index contributed by atoms with van der Waals surface area (Å²) in [5.74, 6) is 0.0938. The molecule has 2 aromatic carbocycles. The Hall–Kier alpha value is -2.33. The van der Waals surface area contributed by atoms with Crippen LogP contribution in [0, 0.1) is 0 Å². The highest BCUT2D eigenvalue weighted by Crippen LogP contribution is 2.33. The molecule has 0 radical (unpaired) electrons. The topological polar surface area (TPSA) is 40.6 Å². The lowest BCUT2D eigenvalue weighted by atomic mass is 9.88. The number of rotatable bonds is 4. The van der Waals surface area contributed by atoms with Gasteiger partial charge in [-0.3, -0.25) is 9.59 Å². The molecule has 2 aromatic rings. The molecule has 1 aliphatic heterocycles. The Kier molecular flexibility index (Phi) is 6.51. The van der Waals surface area contributed by atoms with E-state index in [1.54, 1.807) is 6.92 Å². The summed E-state index contributed by atoms with van der Waals surface area (Å²) in [6.45, 7) is 4.17. The molecule has 0 aromatic heterocycles. The fourth-order valence-electron chi connectivity index (χ4n) is 3.64. The number of amides is 2. The zero-order valence-corrected chi connectivity index (χ0v) is 16.4. The summed E-state index contributed by atoms with van der Waals surface area (Å²) in [5, 5.41) is 0.678. The van der Waals surface area contributed by atoms with E-state index in [-0.39, 0.29) is 17.7 Å². The lowest BCUT2D eigenvalue weighted by Crippen LogP contribution is -2.37. The number of halogens is 1. The fourth-order valence-corrected chi connectivity index (χ4v) is 3.90. The molecule has 3 rings (SSSR count). The van der Waals surface area contributed by atoms with E-state index in [2.05, 4.69) is 0 Å². The van der Waals surface area contributed by atoms with Gasteiger partial charge >= 0.3 is 0 Å². The number of hydrogen-bond donors (Lipinski definition) is 0. The SMILES string of the molecule is CC(=O)N1CCCN(C(=O)C[C@H](c2ccccc2)c2ccccc2Cl)CC1. The predicted molar refractivity (Wildman–Crippen MR) is 108 cm³/mol. The molecule has 5 heteroatoms. The van der Waals surface area contributed by atoms with Crippen molar-refractivity contribution < 1.29 is 9.59 Å². The molecule has 1 saturated heterocycles. The molecule has 1 atom stereocenters. The number of nitrogens with zero attached hydrogens (tertiary/aromatic N) is 2. The van der Waals surface area contributed by atoms with Crippen molar-refractivity contribution in [2.24, 2.45) is 0 Å². The lowest BCUT2D eigenvalue weighted by molar-refractivity contribution is -0.132. The summed E-state index contributed by atoms with van der Waals surface area (Å²) in [4.78, 5) is 28.4. The molecule has 0 bridgehead atoms. The molecule has 0 spiro atoms. The van der Waals surface area contributed by atoms with Gasteiger partial charge in [-0.15, -0.1) is 0 Å². The molecule has 1 heterocycles. The van der Waals surface area contributed by atoms with E-state index in [0.717, 1.165) is 17.5 Å². The average Bonchev–Trinajstić information content (AvgIpc) is 2.94. The van der Waals surface area contributed by atoms with Gasteiger partial charge in [-0.25, -0.2) is 0 Å². The molecule has 1 aliphatic rings. The third-order valence-electron chi connectivity index (χ3n) is 5.16. The van der Waals surface area contributed by atoms with Gasteiger partial charge in [-0.1, -0.05) is 60.1 Å². The molecule has 142 valence electrons. The zero-order chi connectivity index (χ0) is 19.2. The second-order valence-electron chi connectivity index (χ2n) is 6.93. The quantitative estimate of drug-likeness (QED) is 0.801. The van der Waals surface area contributed by atoms with Gasteiger partial charge in [0.15, 0.2) is 0 Å². The maximum Gasteiger partial charge on any atom is 0.223 e. The molecule has 27 heavy (non-hydrogen) atoms. The highest BCUT2D eigenvalue weighted by molar-refractivity contribution is 6.31. The Morgan fingerprint density at radius 2 is 1.56 bits per heavy atom. The van der Waals surface area contributed by atoms with Crippen molar-refractivity contribution in [3.8, 4) is 0 Å². The number of carbonyl (C=O) groups is 2. The molecule has 4 nitrogen and oxygen atoms in total. The molecular weight excluding hydrogens is 360 g/mol. The van der Waals surface area contributed by atoms with Crippen molar-refractivity contribution in [3.63, 3.8) is 0 Å². The van der Waals surface area contributed by atoms with Gasteiger partial charge in [-0.2, -0.15) is 0 Å². The first-order chi connectivity index (χ1) is 13.1. The number of carbonyl (C=O) groups excluding carboxylic acids is 2. The smallest absolute Gasteiger partial charge is 0.223 e. The number of benzene rings is 2. The van der Waals surface area contributed by atoms with Crippen molar-refractivity contribution in [2.75, 3.05) is 26.2 Å². The molecule has 1 fully saturated rings. The van der Waals surface area contributed by atoms with Crippen LogP contribution in [0.3, 0.4) is 0 Å². The van der Waals surface area contributed by atoms with E-state index in [1.165, 1.54) is 0 Å². The van der Waals surface area contributed by atoms with E-state index in [1.807, 2.05) is 64.4 Å². The third kappa shape index (κ3) is 4.89. The summed E-state index contributed by atoms with van der Waals surface area (Å²) >= 11 is 6.45. The van der Waals surface area contributed by atoms with E-state index in [0.29, 0.717) is 37.6 Å². The Morgan fingerprint density at radius 1 is 0.926 bits per heavy atom. The monoisotopic (exact) mass is 384 g/mol. The van der Waals surface area contributed by atoms with Crippen molar-refractivity contribution in [1.29, 1.82) is 0 Å². The van der Waals surface area contributed by atoms with E-state index < -0.39 is 0 Å². The van der Waals surface area contributed by atoms with Crippen LogP contribution < -0.4 is 0 Å². The molecule has 0 aliphatic carbocycles. The van der Waals surface area contributed by atoms with Crippen LogP contribution in [0.4, 0.5) is 0 Å². The highest BCUT2D eigenvalue weighted by atomic mass is 35.5. The Labute approximate surface area is 165 Å². The fraction of sp³-hybridized carbons (Fsp3) is 0.364. The van der Waals surface area contributed by atoms with Gasteiger partial charge in [0.2, 0.25) is 11.8 Å². The largest absolute Gasteiger partial charge is 0.341 e. The first kappa shape index (κ1) is 19.4. The summed E-state index contributed by atoms with van der Waals surface area (Å²) in [6, 6.07) is 17.8.